The van der Waals surface area contributed by atoms with Crippen molar-refractivity contribution >= 4 is 0 Å². The van der Waals surface area contributed by atoms with Crippen molar-refractivity contribution in [3.8, 4) is 0 Å². The molecule has 1 saturated heterocycles. The van der Waals surface area contributed by atoms with Crippen molar-refractivity contribution in [3.63, 3.8) is 0 Å². The number of hydrogen-bond donors (Lipinski definition) is 5. The molecule has 0 aromatic heterocycles. The van der Waals surface area contributed by atoms with Gasteiger partial charge in [-0.05, 0) is 13.8 Å². The second-order valence-electron chi connectivity index (χ2n) is 4.10. The van der Waals surface area contributed by atoms with E-state index in [0.29, 0.717) is 0 Å². The third-order valence-corrected chi connectivity index (χ3v) is 2.83. The van der Waals surface area contributed by atoms with E-state index >= 15 is 0 Å². The summed E-state index contributed by atoms with van der Waals surface area (Å²) in [7, 11) is 0. The minimum atomic E-state index is -1.30. The molecular formula is C9H19NO5. The van der Waals surface area contributed by atoms with Crippen LogP contribution in [0.25, 0.3) is 0 Å². The highest BCUT2D eigenvalue weighted by Crippen LogP contribution is 2.23. The van der Waals surface area contributed by atoms with Crippen molar-refractivity contribution in [1.82, 2.24) is 0 Å². The van der Waals surface area contributed by atoms with E-state index in [1.54, 1.807) is 6.92 Å². The highest BCUT2D eigenvalue weighted by atomic mass is 16.5. The fourth-order valence-corrected chi connectivity index (χ4v) is 1.68. The zero-order valence-electron chi connectivity index (χ0n) is 8.82. The lowest BCUT2D eigenvalue weighted by molar-refractivity contribution is -0.226. The number of nitrogens with two attached hydrogens (primary N) is 1. The van der Waals surface area contributed by atoms with Gasteiger partial charge in [0.15, 0.2) is 0 Å². The number of ether oxygens (including phenoxy) is 1. The average Bonchev–Trinajstić information content (AvgIpc) is 2.19. The molecule has 0 unspecified atom stereocenters. The Balaban J connectivity index is 2.74. The molecule has 0 spiro atoms. The van der Waals surface area contributed by atoms with E-state index in [2.05, 4.69) is 0 Å². The molecule has 0 aliphatic carbocycles. The molecule has 7 atom stereocenters. The van der Waals surface area contributed by atoms with Crippen LogP contribution in [0, 0.1) is 0 Å². The highest BCUT2D eigenvalue weighted by Gasteiger charge is 2.44. The van der Waals surface area contributed by atoms with Crippen LogP contribution in [0.15, 0.2) is 0 Å². The fraction of sp³-hybridized carbons (Fsp3) is 1.00. The van der Waals surface area contributed by atoms with Gasteiger partial charge < -0.3 is 30.9 Å². The van der Waals surface area contributed by atoms with Crippen molar-refractivity contribution < 1.29 is 25.2 Å². The molecule has 1 aliphatic heterocycles. The molecule has 0 aromatic rings. The lowest BCUT2D eigenvalue weighted by Crippen LogP contribution is -2.63. The van der Waals surface area contributed by atoms with Gasteiger partial charge in [0.1, 0.15) is 24.4 Å². The molecule has 1 rings (SSSR count). The maximum atomic E-state index is 9.62. The van der Waals surface area contributed by atoms with Crippen molar-refractivity contribution in [1.29, 1.82) is 0 Å². The molecule has 6 nitrogen and oxygen atoms in total. The van der Waals surface area contributed by atoms with Gasteiger partial charge in [-0.2, -0.15) is 0 Å². The lowest BCUT2D eigenvalue weighted by atomic mass is 9.90. The standard InChI is InChI=1S/C9H19NO5/c1-3(11)5(10)9-8(14)7(13)6(12)4(2)15-9/h3-9,11-14H,10H2,1-2H3/t3-,4-,5-,6+,7-,8-,9-/m1/s1. The van der Waals surface area contributed by atoms with Crippen molar-refractivity contribution in [2.75, 3.05) is 0 Å². The molecule has 15 heavy (non-hydrogen) atoms. The van der Waals surface area contributed by atoms with Gasteiger partial charge in [0.2, 0.25) is 0 Å². The van der Waals surface area contributed by atoms with Crippen LogP contribution >= 0.6 is 0 Å². The molecule has 6 N–H and O–H groups in total. The maximum absolute atomic E-state index is 9.62. The summed E-state index contributed by atoms with van der Waals surface area (Å²) < 4.78 is 5.26. The Morgan fingerprint density at radius 1 is 1.13 bits per heavy atom. The third-order valence-electron chi connectivity index (χ3n) is 2.83. The van der Waals surface area contributed by atoms with Gasteiger partial charge in [-0.25, -0.2) is 0 Å². The van der Waals surface area contributed by atoms with E-state index in [9.17, 15) is 20.4 Å². The summed E-state index contributed by atoms with van der Waals surface area (Å²) >= 11 is 0. The summed E-state index contributed by atoms with van der Waals surface area (Å²) in [6, 6.07) is -0.801. The molecule has 90 valence electrons. The summed E-state index contributed by atoms with van der Waals surface area (Å²) in [4.78, 5) is 0. The molecule has 0 saturated carbocycles. The van der Waals surface area contributed by atoms with Crippen LogP contribution in [0.1, 0.15) is 13.8 Å². The first-order chi connectivity index (χ1) is 6.86. The van der Waals surface area contributed by atoms with E-state index in [4.69, 9.17) is 10.5 Å². The molecule has 1 heterocycles. The molecule has 0 aromatic carbocycles. The topological polar surface area (TPSA) is 116 Å². The Hall–Kier alpha value is -0.240. The van der Waals surface area contributed by atoms with Crippen LogP contribution in [0.4, 0.5) is 0 Å². The molecule has 0 bridgehead atoms. The second kappa shape index (κ2) is 4.73. The predicted molar refractivity (Wildman–Crippen MR) is 52.0 cm³/mol. The van der Waals surface area contributed by atoms with Crippen LogP contribution in [-0.4, -0.2) is 63.1 Å². The van der Waals surface area contributed by atoms with Crippen LogP contribution in [0.5, 0.6) is 0 Å². The van der Waals surface area contributed by atoms with Crippen LogP contribution in [0.2, 0.25) is 0 Å². The van der Waals surface area contributed by atoms with Crippen molar-refractivity contribution in [2.45, 2.75) is 56.5 Å². The van der Waals surface area contributed by atoms with E-state index < -0.39 is 42.7 Å². The Morgan fingerprint density at radius 2 is 1.67 bits per heavy atom. The van der Waals surface area contributed by atoms with E-state index in [1.807, 2.05) is 0 Å². The van der Waals surface area contributed by atoms with Crippen LogP contribution < -0.4 is 5.73 Å². The first-order valence-corrected chi connectivity index (χ1v) is 4.99. The minimum absolute atomic E-state index is 0.627. The Bertz CT molecular complexity index is 213. The minimum Gasteiger partial charge on any atom is -0.392 e. The molecular weight excluding hydrogens is 202 g/mol. The highest BCUT2D eigenvalue weighted by molar-refractivity contribution is 4.96. The third kappa shape index (κ3) is 2.47. The quantitative estimate of drug-likeness (QED) is 0.354. The van der Waals surface area contributed by atoms with E-state index in [0.717, 1.165) is 0 Å². The monoisotopic (exact) mass is 221 g/mol. The Morgan fingerprint density at radius 3 is 2.13 bits per heavy atom. The SMILES string of the molecule is C[C@@H](O)[C@@H](N)[C@H]1O[C@H](C)[C@H](O)[C@@H](O)[C@H]1O. The molecule has 0 radical (unpaired) electrons. The Labute approximate surface area is 88.3 Å². The van der Waals surface area contributed by atoms with Crippen LogP contribution in [-0.2, 0) is 4.74 Å². The summed E-state index contributed by atoms with van der Waals surface area (Å²) in [5.41, 5.74) is 5.62. The average molecular weight is 221 g/mol. The fourth-order valence-electron chi connectivity index (χ4n) is 1.68. The maximum Gasteiger partial charge on any atom is 0.111 e. The molecule has 1 aliphatic rings. The molecule has 0 amide bonds. The van der Waals surface area contributed by atoms with Gasteiger partial charge in [-0.3, -0.25) is 0 Å². The second-order valence-corrected chi connectivity index (χ2v) is 4.10. The van der Waals surface area contributed by atoms with Gasteiger partial charge in [-0.1, -0.05) is 0 Å². The summed E-state index contributed by atoms with van der Waals surface area (Å²) in [5, 5.41) is 37.8. The van der Waals surface area contributed by atoms with Crippen LogP contribution in [0.3, 0.4) is 0 Å². The number of hydrogen-bond acceptors (Lipinski definition) is 6. The van der Waals surface area contributed by atoms with Gasteiger partial charge in [-0.15, -0.1) is 0 Å². The predicted octanol–water partition coefficient (Wildman–Crippen LogP) is -2.44. The smallest absolute Gasteiger partial charge is 0.111 e. The largest absolute Gasteiger partial charge is 0.392 e. The first kappa shape index (κ1) is 12.8. The lowest BCUT2D eigenvalue weighted by Gasteiger charge is -2.42. The van der Waals surface area contributed by atoms with Gasteiger partial charge in [0.05, 0.1) is 18.2 Å². The van der Waals surface area contributed by atoms with Gasteiger partial charge in [0, 0.05) is 0 Å². The number of rotatable bonds is 2. The number of aliphatic hydroxyl groups is 4. The summed E-state index contributed by atoms with van der Waals surface area (Å²) in [6.07, 6.45) is -6.10. The first-order valence-electron chi connectivity index (χ1n) is 4.99. The number of aliphatic hydroxyl groups excluding tert-OH is 4. The Kier molecular flexibility index (Phi) is 4.05. The molecule has 1 fully saturated rings. The summed E-state index contributed by atoms with van der Waals surface area (Å²) in [6.45, 7) is 3.05. The zero-order valence-corrected chi connectivity index (χ0v) is 8.82. The van der Waals surface area contributed by atoms with Gasteiger partial charge >= 0.3 is 0 Å². The van der Waals surface area contributed by atoms with E-state index in [1.165, 1.54) is 6.92 Å². The summed E-state index contributed by atoms with van der Waals surface area (Å²) in [5.74, 6) is 0. The molecule has 6 heteroatoms. The van der Waals surface area contributed by atoms with Gasteiger partial charge in [0.25, 0.3) is 0 Å². The van der Waals surface area contributed by atoms with Crippen molar-refractivity contribution in [3.05, 3.63) is 0 Å². The van der Waals surface area contributed by atoms with E-state index in [-0.39, 0.29) is 0 Å². The normalized spacial score (nSPS) is 46.2. The van der Waals surface area contributed by atoms with Crippen molar-refractivity contribution in [2.24, 2.45) is 5.73 Å². The zero-order chi connectivity index (χ0) is 11.7.